The van der Waals surface area contributed by atoms with Gasteiger partial charge in [0.2, 0.25) is 0 Å². The number of aromatic amines is 1. The molecule has 0 aliphatic carbocycles. The number of nitrogens with one attached hydrogen (secondary N) is 1. The summed E-state index contributed by atoms with van der Waals surface area (Å²) in [5.41, 5.74) is -0.188. The van der Waals surface area contributed by atoms with Crippen molar-refractivity contribution in [3.63, 3.8) is 0 Å². The Kier molecular flexibility index (Phi) is 4.34. The average Bonchev–Trinajstić information content (AvgIpc) is 2.87. The second-order valence-electron chi connectivity index (χ2n) is 3.77. The third kappa shape index (κ3) is 3.65. The molecule has 0 saturated heterocycles. The quantitative estimate of drug-likeness (QED) is 0.859. The number of hydrogen-bond donors (Lipinski definition) is 1. The Balaban J connectivity index is 2.39. The molecule has 100 valence electrons. The molecule has 2 rings (SSSR count). The maximum absolute atomic E-state index is 11.7. The summed E-state index contributed by atoms with van der Waals surface area (Å²) in [6.07, 6.45) is 3.12. The second-order valence-corrected chi connectivity index (χ2v) is 6.18. The number of carbonyl (C=O) groups excluding carboxylic acids is 1. The molecule has 19 heavy (non-hydrogen) atoms. The summed E-state index contributed by atoms with van der Waals surface area (Å²) in [6.45, 7) is 4.07. The van der Waals surface area contributed by atoms with Crippen LogP contribution in [-0.2, 0) is 9.53 Å². The van der Waals surface area contributed by atoms with E-state index >= 15 is 0 Å². The third-order valence-corrected chi connectivity index (χ3v) is 4.16. The normalized spacial score (nSPS) is 12.9. The van der Waals surface area contributed by atoms with Gasteiger partial charge in [-0.2, -0.15) is 0 Å². The fraction of sp³-hybridized carbons (Fsp3) is 0.231. The zero-order valence-electron chi connectivity index (χ0n) is 10.6. The molecule has 1 N–H and O–H groups in total. The van der Waals surface area contributed by atoms with E-state index < -0.39 is 5.97 Å². The molecule has 0 aliphatic rings. The molecule has 0 atom stereocenters. The molecule has 0 fully saturated rings. The largest absolute Gasteiger partial charge is 0.463 e. The Bertz CT molecular complexity index is 751. The predicted molar refractivity (Wildman–Crippen MR) is 77.9 cm³/mol. The zero-order chi connectivity index (χ0) is 13.8. The average molecular weight is 295 g/mol. The van der Waals surface area contributed by atoms with Crippen LogP contribution in [0.1, 0.15) is 16.7 Å². The van der Waals surface area contributed by atoms with Crippen LogP contribution in [-0.4, -0.2) is 17.6 Å². The first-order valence-corrected chi connectivity index (χ1v) is 7.37. The lowest BCUT2D eigenvalue weighted by molar-refractivity contribution is -0.135. The molecule has 2 heterocycles. The summed E-state index contributed by atoms with van der Waals surface area (Å²) in [4.78, 5) is 27.9. The number of rotatable bonds is 3. The van der Waals surface area contributed by atoms with Gasteiger partial charge in [-0.1, -0.05) is 0 Å². The van der Waals surface area contributed by atoms with E-state index in [1.54, 1.807) is 18.3 Å². The Morgan fingerprint density at radius 1 is 1.42 bits per heavy atom. The van der Waals surface area contributed by atoms with Crippen LogP contribution in [0.5, 0.6) is 0 Å². The molecule has 0 bridgehead atoms. The Morgan fingerprint density at radius 2 is 2.21 bits per heavy atom. The molecule has 0 aliphatic heterocycles. The Hall–Kier alpha value is -1.66. The number of thiazole rings is 1. The summed E-state index contributed by atoms with van der Waals surface area (Å²) < 4.78 is 5.88. The van der Waals surface area contributed by atoms with Gasteiger partial charge in [0, 0.05) is 9.75 Å². The first kappa shape index (κ1) is 13.8. The Labute approximate surface area is 117 Å². The van der Waals surface area contributed by atoms with Crippen molar-refractivity contribution < 1.29 is 9.53 Å². The number of H-pyrrole nitrogens is 1. The Morgan fingerprint density at radius 3 is 2.84 bits per heavy atom. The van der Waals surface area contributed by atoms with Crippen LogP contribution in [0, 0.1) is 6.92 Å². The van der Waals surface area contributed by atoms with Crippen LogP contribution in [0.3, 0.4) is 0 Å². The summed E-state index contributed by atoms with van der Waals surface area (Å²) >= 11 is 2.86. The van der Waals surface area contributed by atoms with Crippen LogP contribution < -0.4 is 14.8 Å². The van der Waals surface area contributed by atoms with Crippen LogP contribution in [0.2, 0.25) is 0 Å². The summed E-state index contributed by atoms with van der Waals surface area (Å²) in [6, 6.07) is 3.97. The highest BCUT2D eigenvalue weighted by Gasteiger charge is 2.00. The highest BCUT2D eigenvalue weighted by molar-refractivity contribution is 7.13. The molecule has 2 aromatic rings. The number of aryl methyl sites for hydroxylation is 1. The highest BCUT2D eigenvalue weighted by atomic mass is 32.1. The molecule has 0 amide bonds. The third-order valence-electron chi connectivity index (χ3n) is 2.25. The van der Waals surface area contributed by atoms with E-state index in [9.17, 15) is 9.59 Å². The van der Waals surface area contributed by atoms with Gasteiger partial charge in [-0.25, -0.2) is 4.79 Å². The monoisotopic (exact) mass is 295 g/mol. The molecule has 0 radical (unpaired) electrons. The van der Waals surface area contributed by atoms with E-state index in [4.69, 9.17) is 4.74 Å². The molecule has 2 aromatic heterocycles. The van der Waals surface area contributed by atoms with Crippen LogP contribution >= 0.6 is 22.7 Å². The van der Waals surface area contributed by atoms with Crippen LogP contribution in [0.15, 0.2) is 16.9 Å². The highest BCUT2D eigenvalue weighted by Crippen LogP contribution is 2.14. The van der Waals surface area contributed by atoms with Crippen molar-refractivity contribution in [2.75, 3.05) is 6.61 Å². The van der Waals surface area contributed by atoms with Gasteiger partial charge in [0.25, 0.3) is 5.56 Å². The first-order valence-electron chi connectivity index (χ1n) is 5.74. The molecule has 0 saturated carbocycles. The minimum Gasteiger partial charge on any atom is -0.463 e. The fourth-order valence-electron chi connectivity index (χ4n) is 1.48. The SMILES string of the molecule is CCOC(=O)/C=c1\[nH]c(=O)/c(=C\c2ccc(C)s2)s1. The standard InChI is InChI=1S/C13H13NO3S2/c1-3-17-12(15)7-11-14-13(16)10(19-11)6-9-5-4-8(2)18-9/h4-7H,3H2,1-2H3,(H,14,16)/b10-6+,11-7+. The number of ether oxygens (including phenoxy) is 1. The van der Waals surface area contributed by atoms with Gasteiger partial charge in [-0.05, 0) is 32.1 Å². The maximum Gasteiger partial charge on any atom is 0.333 e. The van der Waals surface area contributed by atoms with Crippen molar-refractivity contribution in [1.82, 2.24) is 4.98 Å². The molecule has 0 unspecified atom stereocenters. The number of thiophene rings is 1. The lowest BCUT2D eigenvalue weighted by Gasteiger charge is -1.92. The van der Waals surface area contributed by atoms with E-state index in [0.717, 1.165) is 4.88 Å². The zero-order valence-corrected chi connectivity index (χ0v) is 12.2. The van der Waals surface area contributed by atoms with Gasteiger partial charge >= 0.3 is 5.97 Å². The number of esters is 1. The van der Waals surface area contributed by atoms with Gasteiger partial charge in [-0.15, -0.1) is 22.7 Å². The summed E-state index contributed by atoms with van der Waals surface area (Å²) in [5.74, 6) is -0.446. The van der Waals surface area contributed by atoms with Gasteiger partial charge in [0.1, 0.15) is 4.66 Å². The number of hydrogen-bond acceptors (Lipinski definition) is 5. The van der Waals surface area contributed by atoms with E-state index in [1.165, 1.54) is 22.3 Å². The summed E-state index contributed by atoms with van der Waals surface area (Å²) in [5, 5.41) is 0. The maximum atomic E-state index is 11.7. The molecule has 6 heteroatoms. The van der Waals surface area contributed by atoms with Crippen molar-refractivity contribution in [3.8, 4) is 0 Å². The van der Waals surface area contributed by atoms with E-state index in [1.807, 2.05) is 25.1 Å². The number of carbonyl (C=O) groups is 1. The lowest BCUT2D eigenvalue weighted by atomic mass is 10.4. The molecule has 0 aromatic carbocycles. The first-order chi connectivity index (χ1) is 9.08. The minimum absolute atomic E-state index is 0.188. The van der Waals surface area contributed by atoms with Gasteiger partial charge in [0.05, 0.1) is 17.2 Å². The van der Waals surface area contributed by atoms with Crippen molar-refractivity contribution in [1.29, 1.82) is 0 Å². The fourth-order valence-corrected chi connectivity index (χ4v) is 3.24. The molecular formula is C13H13NO3S2. The van der Waals surface area contributed by atoms with Crippen LogP contribution in [0.4, 0.5) is 0 Å². The van der Waals surface area contributed by atoms with Crippen LogP contribution in [0.25, 0.3) is 12.2 Å². The smallest absolute Gasteiger partial charge is 0.333 e. The van der Waals surface area contributed by atoms with Gasteiger partial charge < -0.3 is 9.72 Å². The molecule has 0 spiro atoms. The lowest BCUT2D eigenvalue weighted by Crippen LogP contribution is -2.19. The van der Waals surface area contributed by atoms with E-state index in [0.29, 0.717) is 15.8 Å². The predicted octanol–water partition coefficient (Wildman–Crippen LogP) is 0.979. The van der Waals surface area contributed by atoms with Gasteiger partial charge in [-0.3, -0.25) is 4.79 Å². The van der Waals surface area contributed by atoms with E-state index in [-0.39, 0.29) is 5.56 Å². The second kappa shape index (κ2) is 5.99. The summed E-state index contributed by atoms with van der Waals surface area (Å²) in [7, 11) is 0. The van der Waals surface area contributed by atoms with Gasteiger partial charge in [0.15, 0.2) is 0 Å². The molecular weight excluding hydrogens is 282 g/mol. The van der Waals surface area contributed by atoms with Crippen molar-refractivity contribution >= 4 is 40.8 Å². The van der Waals surface area contributed by atoms with E-state index in [2.05, 4.69) is 4.98 Å². The minimum atomic E-state index is -0.446. The number of aromatic nitrogens is 1. The molecule has 4 nitrogen and oxygen atoms in total. The van der Waals surface area contributed by atoms with Crippen molar-refractivity contribution in [2.45, 2.75) is 13.8 Å². The van der Waals surface area contributed by atoms with Crippen molar-refractivity contribution in [2.24, 2.45) is 0 Å². The van der Waals surface area contributed by atoms with Crippen molar-refractivity contribution in [3.05, 3.63) is 41.4 Å². The topological polar surface area (TPSA) is 59.2 Å².